The van der Waals surface area contributed by atoms with E-state index in [1.165, 1.54) is 11.3 Å². The van der Waals surface area contributed by atoms with Gasteiger partial charge in [-0.25, -0.2) is 4.98 Å². The zero-order valence-corrected chi connectivity index (χ0v) is 18.4. The number of hydrogen-bond acceptors (Lipinski definition) is 5. The standard InChI is InChI=1S/C23H25N5O3S/c24-21(30)18-12-17(13-25-18)19-14-32-23(26-19)27-22(31)16-8-10-28(11-9-16)20(29)7-6-15-4-2-1-3-5-15/h1-5,12-14,16,25H,6-11H2,(H2,24,30)(H,26,27,31). The molecule has 1 aromatic carbocycles. The molecule has 1 aliphatic heterocycles. The van der Waals surface area contributed by atoms with E-state index >= 15 is 0 Å². The van der Waals surface area contributed by atoms with Crippen molar-refractivity contribution < 1.29 is 14.4 Å². The van der Waals surface area contributed by atoms with Crippen LogP contribution in [0.15, 0.2) is 48.0 Å². The highest BCUT2D eigenvalue weighted by Gasteiger charge is 2.27. The minimum atomic E-state index is -0.537. The number of rotatable bonds is 7. The topological polar surface area (TPSA) is 121 Å². The van der Waals surface area contributed by atoms with Gasteiger partial charge < -0.3 is 20.9 Å². The predicted octanol–water partition coefficient (Wildman–Crippen LogP) is 3.05. The van der Waals surface area contributed by atoms with Gasteiger partial charge in [0, 0.05) is 42.6 Å². The van der Waals surface area contributed by atoms with Crippen molar-refractivity contribution in [2.75, 3.05) is 18.4 Å². The predicted molar refractivity (Wildman–Crippen MR) is 123 cm³/mol. The molecule has 0 aliphatic carbocycles. The van der Waals surface area contributed by atoms with Crippen LogP contribution in [0.4, 0.5) is 5.13 Å². The lowest BCUT2D eigenvalue weighted by Gasteiger charge is -2.31. The largest absolute Gasteiger partial charge is 0.364 e. The lowest BCUT2D eigenvalue weighted by atomic mass is 9.95. The molecule has 0 unspecified atom stereocenters. The van der Waals surface area contributed by atoms with E-state index in [4.69, 9.17) is 5.73 Å². The summed E-state index contributed by atoms with van der Waals surface area (Å²) in [6.07, 6.45) is 4.15. The number of H-pyrrole nitrogens is 1. The first-order valence-electron chi connectivity index (χ1n) is 10.6. The summed E-state index contributed by atoms with van der Waals surface area (Å²) in [6, 6.07) is 11.6. The van der Waals surface area contributed by atoms with E-state index in [2.05, 4.69) is 15.3 Å². The van der Waals surface area contributed by atoms with Gasteiger partial charge in [0.15, 0.2) is 5.13 Å². The number of nitrogens with two attached hydrogens (primary N) is 1. The lowest BCUT2D eigenvalue weighted by molar-refractivity contribution is -0.134. The molecule has 4 rings (SSSR count). The van der Waals surface area contributed by atoms with Crippen molar-refractivity contribution >= 4 is 34.2 Å². The Hall–Kier alpha value is -3.46. The molecular weight excluding hydrogens is 426 g/mol. The van der Waals surface area contributed by atoms with Crippen molar-refractivity contribution in [1.29, 1.82) is 0 Å². The van der Waals surface area contributed by atoms with Gasteiger partial charge in [0.1, 0.15) is 5.69 Å². The Morgan fingerprint density at radius 1 is 1.19 bits per heavy atom. The first kappa shape index (κ1) is 21.8. The first-order chi connectivity index (χ1) is 15.5. The van der Waals surface area contributed by atoms with Gasteiger partial charge in [-0.3, -0.25) is 14.4 Å². The third-order valence-corrected chi connectivity index (χ3v) is 6.43. The number of aromatic amines is 1. The zero-order valence-electron chi connectivity index (χ0n) is 17.5. The van der Waals surface area contributed by atoms with E-state index in [0.717, 1.165) is 17.5 Å². The van der Waals surface area contributed by atoms with Crippen molar-refractivity contribution in [2.45, 2.75) is 25.7 Å². The van der Waals surface area contributed by atoms with E-state index < -0.39 is 5.91 Å². The van der Waals surface area contributed by atoms with Gasteiger partial charge in [0.05, 0.1) is 5.69 Å². The summed E-state index contributed by atoms with van der Waals surface area (Å²) >= 11 is 1.33. The molecule has 1 fully saturated rings. The van der Waals surface area contributed by atoms with Crippen LogP contribution in [0.2, 0.25) is 0 Å². The normalized spacial score (nSPS) is 14.3. The molecule has 3 heterocycles. The Balaban J connectivity index is 1.25. The van der Waals surface area contributed by atoms with Crippen LogP contribution in [0.1, 0.15) is 35.3 Å². The zero-order chi connectivity index (χ0) is 22.5. The second kappa shape index (κ2) is 9.78. The molecule has 3 aromatic rings. The molecule has 1 aliphatic rings. The van der Waals surface area contributed by atoms with Crippen LogP contribution in [0.3, 0.4) is 0 Å². The minimum Gasteiger partial charge on any atom is -0.364 e. The summed E-state index contributed by atoms with van der Waals surface area (Å²) in [5.74, 6) is -0.618. The third-order valence-electron chi connectivity index (χ3n) is 5.67. The molecule has 9 heteroatoms. The van der Waals surface area contributed by atoms with Crippen molar-refractivity contribution in [2.24, 2.45) is 11.7 Å². The number of anilines is 1. The number of nitrogens with zero attached hydrogens (tertiary/aromatic N) is 2. The van der Waals surface area contributed by atoms with Crippen molar-refractivity contribution in [3.8, 4) is 11.3 Å². The van der Waals surface area contributed by atoms with Crippen LogP contribution in [0, 0.1) is 5.92 Å². The molecule has 4 N–H and O–H groups in total. The quantitative estimate of drug-likeness (QED) is 0.511. The number of piperidine rings is 1. The number of likely N-dealkylation sites (tertiary alicyclic amines) is 1. The number of aryl methyl sites for hydroxylation is 1. The Morgan fingerprint density at radius 3 is 2.62 bits per heavy atom. The van der Waals surface area contributed by atoms with Gasteiger partial charge in [-0.1, -0.05) is 30.3 Å². The number of primary amides is 1. The Labute approximate surface area is 189 Å². The van der Waals surface area contributed by atoms with Crippen LogP contribution < -0.4 is 11.1 Å². The maximum absolute atomic E-state index is 12.7. The first-order valence-corrected chi connectivity index (χ1v) is 11.4. The van der Waals surface area contributed by atoms with Gasteiger partial charge in [-0.15, -0.1) is 11.3 Å². The number of nitrogens with one attached hydrogen (secondary N) is 2. The molecule has 0 bridgehead atoms. The average Bonchev–Trinajstić information content (AvgIpc) is 3.48. The number of thiazole rings is 1. The molecular formula is C23H25N5O3S. The van der Waals surface area contributed by atoms with Crippen LogP contribution in [0.5, 0.6) is 0 Å². The minimum absolute atomic E-state index is 0.0748. The summed E-state index contributed by atoms with van der Waals surface area (Å²) in [7, 11) is 0. The smallest absolute Gasteiger partial charge is 0.265 e. The number of aromatic nitrogens is 2. The highest BCUT2D eigenvalue weighted by Crippen LogP contribution is 2.27. The molecule has 32 heavy (non-hydrogen) atoms. The summed E-state index contributed by atoms with van der Waals surface area (Å²) < 4.78 is 0. The highest BCUT2D eigenvalue weighted by molar-refractivity contribution is 7.14. The molecule has 3 amide bonds. The molecule has 0 spiro atoms. The Bertz CT molecular complexity index is 1100. The number of hydrogen-bond donors (Lipinski definition) is 3. The fraction of sp³-hybridized carbons (Fsp3) is 0.304. The van der Waals surface area contributed by atoms with Crippen LogP contribution in [-0.2, 0) is 16.0 Å². The molecule has 0 radical (unpaired) electrons. The lowest BCUT2D eigenvalue weighted by Crippen LogP contribution is -2.41. The maximum Gasteiger partial charge on any atom is 0.265 e. The number of amides is 3. The van der Waals surface area contributed by atoms with Crippen molar-refractivity contribution in [3.05, 3.63) is 59.2 Å². The van der Waals surface area contributed by atoms with Crippen LogP contribution in [-0.4, -0.2) is 45.7 Å². The highest BCUT2D eigenvalue weighted by atomic mass is 32.1. The second-order valence-corrected chi connectivity index (χ2v) is 8.69. The average molecular weight is 452 g/mol. The summed E-state index contributed by atoms with van der Waals surface area (Å²) in [5.41, 5.74) is 8.12. The Kier molecular flexibility index (Phi) is 6.65. The van der Waals surface area contributed by atoms with E-state index in [-0.39, 0.29) is 17.7 Å². The third kappa shape index (κ3) is 5.23. The SMILES string of the molecule is NC(=O)c1cc(-c2csc(NC(=O)C3CCN(C(=O)CCc4ccccc4)CC3)n2)c[nH]1. The molecule has 1 saturated heterocycles. The number of benzene rings is 1. The number of carbonyl (C=O) groups excluding carboxylic acids is 3. The maximum atomic E-state index is 12.7. The molecule has 0 atom stereocenters. The molecule has 8 nitrogen and oxygen atoms in total. The van der Waals surface area contributed by atoms with Crippen molar-refractivity contribution in [1.82, 2.24) is 14.9 Å². The second-order valence-electron chi connectivity index (χ2n) is 7.83. The van der Waals surface area contributed by atoms with E-state index in [1.54, 1.807) is 12.3 Å². The monoisotopic (exact) mass is 451 g/mol. The van der Waals surface area contributed by atoms with Gasteiger partial charge >= 0.3 is 0 Å². The van der Waals surface area contributed by atoms with Gasteiger partial charge in [-0.05, 0) is 30.9 Å². The fourth-order valence-electron chi connectivity index (χ4n) is 3.80. The van der Waals surface area contributed by atoms with Crippen molar-refractivity contribution in [3.63, 3.8) is 0 Å². The number of carbonyl (C=O) groups is 3. The summed E-state index contributed by atoms with van der Waals surface area (Å²) in [5, 5.41) is 5.21. The Morgan fingerprint density at radius 2 is 1.94 bits per heavy atom. The van der Waals surface area contributed by atoms with Gasteiger partial charge in [0.2, 0.25) is 11.8 Å². The van der Waals surface area contributed by atoms with Gasteiger partial charge in [0.25, 0.3) is 5.91 Å². The molecule has 2 aromatic heterocycles. The van der Waals surface area contributed by atoms with E-state index in [0.29, 0.717) is 48.9 Å². The van der Waals surface area contributed by atoms with Gasteiger partial charge in [-0.2, -0.15) is 0 Å². The van der Waals surface area contributed by atoms with Crippen LogP contribution in [0.25, 0.3) is 11.3 Å². The van der Waals surface area contributed by atoms with E-state index in [1.807, 2.05) is 40.6 Å². The van der Waals surface area contributed by atoms with E-state index in [9.17, 15) is 14.4 Å². The molecule has 0 saturated carbocycles. The summed E-state index contributed by atoms with van der Waals surface area (Å²) in [6.45, 7) is 1.18. The fourth-order valence-corrected chi connectivity index (χ4v) is 4.52. The summed E-state index contributed by atoms with van der Waals surface area (Å²) in [4.78, 5) is 45.5. The van der Waals surface area contributed by atoms with Crippen LogP contribution >= 0.6 is 11.3 Å². The molecule has 166 valence electrons.